The molecule has 0 saturated carbocycles. The predicted molar refractivity (Wildman–Crippen MR) is 69.4 cm³/mol. The van der Waals surface area contributed by atoms with E-state index in [1.165, 1.54) is 11.8 Å². The molecule has 2 aliphatic heterocycles. The van der Waals surface area contributed by atoms with Crippen LogP contribution in [0.25, 0.3) is 0 Å². The van der Waals surface area contributed by atoms with Gasteiger partial charge >= 0.3 is 5.91 Å². The summed E-state index contributed by atoms with van der Waals surface area (Å²) in [6.45, 7) is 0.455. The van der Waals surface area contributed by atoms with Crippen LogP contribution in [-0.4, -0.2) is 24.2 Å². The Bertz CT molecular complexity index is 539. The number of anilines is 1. The summed E-state index contributed by atoms with van der Waals surface area (Å²) < 4.78 is 5.28. The Morgan fingerprint density at radius 2 is 1.89 bits per heavy atom. The van der Waals surface area contributed by atoms with Crippen molar-refractivity contribution in [3.8, 4) is 0 Å². The normalized spacial score (nSPS) is 19.1. The molecule has 0 radical (unpaired) electrons. The van der Waals surface area contributed by atoms with E-state index in [9.17, 15) is 9.59 Å². The van der Waals surface area contributed by atoms with Gasteiger partial charge in [0.15, 0.2) is 0 Å². The van der Waals surface area contributed by atoms with E-state index in [1.807, 2.05) is 0 Å². The fraction of sp³-hybridized carbons (Fsp3) is 0.167. The van der Waals surface area contributed by atoms with E-state index in [1.54, 1.807) is 24.3 Å². The van der Waals surface area contributed by atoms with Gasteiger partial charge in [0.05, 0.1) is 12.3 Å². The third-order valence-electron chi connectivity index (χ3n) is 2.66. The summed E-state index contributed by atoms with van der Waals surface area (Å²) in [5.41, 5.74) is 0.507. The van der Waals surface area contributed by atoms with Crippen LogP contribution in [0.3, 0.4) is 0 Å². The van der Waals surface area contributed by atoms with Gasteiger partial charge in [-0.25, -0.2) is 4.90 Å². The van der Waals surface area contributed by atoms with Crippen LogP contribution in [0.15, 0.2) is 34.9 Å². The second-order valence-corrected chi connectivity index (χ2v) is 5.32. The SMILES string of the molecule is O=C1C2=C(SCCO2)C(=O)N1c1ccc(Cl)cc1. The van der Waals surface area contributed by atoms with Crippen molar-refractivity contribution in [2.75, 3.05) is 17.3 Å². The lowest BCUT2D eigenvalue weighted by Crippen LogP contribution is -2.31. The maximum absolute atomic E-state index is 12.1. The van der Waals surface area contributed by atoms with Crippen LogP contribution < -0.4 is 4.90 Å². The highest BCUT2D eigenvalue weighted by molar-refractivity contribution is 8.04. The molecule has 0 aliphatic carbocycles. The van der Waals surface area contributed by atoms with E-state index in [4.69, 9.17) is 16.3 Å². The van der Waals surface area contributed by atoms with Crippen molar-refractivity contribution in [2.45, 2.75) is 0 Å². The minimum absolute atomic E-state index is 0.172. The van der Waals surface area contributed by atoms with E-state index < -0.39 is 5.91 Å². The molecule has 3 rings (SSSR count). The van der Waals surface area contributed by atoms with Gasteiger partial charge in [0.1, 0.15) is 4.91 Å². The predicted octanol–water partition coefficient (Wildman–Crippen LogP) is 2.19. The van der Waals surface area contributed by atoms with Gasteiger partial charge < -0.3 is 4.74 Å². The van der Waals surface area contributed by atoms with Crippen LogP contribution in [0.2, 0.25) is 5.02 Å². The highest BCUT2D eigenvalue weighted by Gasteiger charge is 2.42. The molecule has 0 N–H and O–H groups in total. The van der Waals surface area contributed by atoms with E-state index in [-0.39, 0.29) is 11.7 Å². The number of carbonyl (C=O) groups is 2. The molecule has 0 fully saturated rings. The highest BCUT2D eigenvalue weighted by atomic mass is 35.5. The molecule has 2 amide bonds. The number of nitrogens with zero attached hydrogens (tertiary/aromatic N) is 1. The summed E-state index contributed by atoms with van der Waals surface area (Å²) in [4.78, 5) is 25.8. The number of halogens is 1. The Labute approximate surface area is 113 Å². The first-order valence-electron chi connectivity index (χ1n) is 5.33. The molecule has 2 aliphatic rings. The molecule has 0 bridgehead atoms. The average molecular weight is 282 g/mol. The Morgan fingerprint density at radius 3 is 2.56 bits per heavy atom. The van der Waals surface area contributed by atoms with E-state index >= 15 is 0 Å². The highest BCUT2D eigenvalue weighted by Crippen LogP contribution is 2.36. The summed E-state index contributed by atoms with van der Waals surface area (Å²) in [6.07, 6.45) is 0. The lowest BCUT2D eigenvalue weighted by atomic mass is 10.3. The van der Waals surface area contributed by atoms with Crippen LogP contribution in [-0.2, 0) is 14.3 Å². The molecule has 0 saturated heterocycles. The summed E-state index contributed by atoms with van der Waals surface area (Å²) in [7, 11) is 0. The number of hydrogen-bond donors (Lipinski definition) is 0. The zero-order valence-corrected chi connectivity index (χ0v) is 10.8. The van der Waals surface area contributed by atoms with Crippen LogP contribution in [0.1, 0.15) is 0 Å². The number of rotatable bonds is 1. The van der Waals surface area contributed by atoms with Crippen LogP contribution in [0.4, 0.5) is 5.69 Å². The van der Waals surface area contributed by atoms with Crippen molar-refractivity contribution < 1.29 is 14.3 Å². The zero-order valence-electron chi connectivity index (χ0n) is 9.18. The lowest BCUT2D eigenvalue weighted by Gasteiger charge is -2.14. The van der Waals surface area contributed by atoms with Crippen molar-refractivity contribution in [1.82, 2.24) is 0 Å². The van der Waals surface area contributed by atoms with Crippen LogP contribution in [0.5, 0.6) is 0 Å². The number of imide groups is 1. The Balaban J connectivity index is 1.99. The van der Waals surface area contributed by atoms with Crippen molar-refractivity contribution in [3.63, 3.8) is 0 Å². The van der Waals surface area contributed by atoms with Gasteiger partial charge in [0.2, 0.25) is 5.76 Å². The number of amides is 2. The Kier molecular flexibility index (Phi) is 2.80. The first-order valence-corrected chi connectivity index (χ1v) is 6.69. The van der Waals surface area contributed by atoms with E-state index in [0.29, 0.717) is 28.0 Å². The number of thioether (sulfide) groups is 1. The third kappa shape index (κ3) is 1.71. The molecular weight excluding hydrogens is 274 g/mol. The monoisotopic (exact) mass is 281 g/mol. The number of ether oxygens (including phenoxy) is 1. The molecule has 0 spiro atoms. The maximum atomic E-state index is 12.1. The van der Waals surface area contributed by atoms with Crippen LogP contribution in [0, 0.1) is 0 Å². The van der Waals surface area contributed by atoms with Gasteiger partial charge in [0, 0.05) is 10.8 Å². The topological polar surface area (TPSA) is 46.6 Å². The first kappa shape index (κ1) is 11.6. The molecule has 18 heavy (non-hydrogen) atoms. The molecule has 4 nitrogen and oxygen atoms in total. The molecule has 0 atom stereocenters. The minimum atomic E-state index is -0.399. The molecule has 0 unspecified atom stereocenters. The Hall–Kier alpha value is -1.46. The van der Waals surface area contributed by atoms with Gasteiger partial charge in [-0.15, -0.1) is 11.8 Å². The largest absolute Gasteiger partial charge is 0.486 e. The van der Waals surface area contributed by atoms with Gasteiger partial charge in [-0.3, -0.25) is 9.59 Å². The second kappa shape index (κ2) is 4.33. The van der Waals surface area contributed by atoms with Crippen molar-refractivity contribution in [3.05, 3.63) is 40.0 Å². The lowest BCUT2D eigenvalue weighted by molar-refractivity contribution is -0.121. The fourth-order valence-electron chi connectivity index (χ4n) is 1.86. The standard InChI is InChI=1S/C12H8ClNO3S/c13-7-1-3-8(4-2-7)14-11(15)9-10(12(14)16)18-6-5-17-9/h1-4H,5-6H2. The van der Waals surface area contributed by atoms with Gasteiger partial charge in [-0.2, -0.15) is 0 Å². The molecule has 0 aromatic heterocycles. The molecule has 2 heterocycles. The van der Waals surface area contributed by atoms with Crippen molar-refractivity contribution in [2.24, 2.45) is 0 Å². The third-order valence-corrected chi connectivity index (χ3v) is 3.93. The zero-order chi connectivity index (χ0) is 12.7. The minimum Gasteiger partial charge on any atom is -0.486 e. The fourth-order valence-corrected chi connectivity index (χ4v) is 2.85. The molecular formula is C12H8ClNO3S. The smallest absolute Gasteiger partial charge is 0.301 e. The summed E-state index contributed by atoms with van der Waals surface area (Å²) >= 11 is 7.15. The number of benzene rings is 1. The van der Waals surface area contributed by atoms with Gasteiger partial charge in [0.25, 0.3) is 5.91 Å². The van der Waals surface area contributed by atoms with Crippen molar-refractivity contribution >= 4 is 40.9 Å². The number of carbonyl (C=O) groups excluding carboxylic acids is 2. The van der Waals surface area contributed by atoms with Crippen molar-refractivity contribution in [1.29, 1.82) is 0 Å². The quantitative estimate of drug-likeness (QED) is 0.740. The number of hydrogen-bond acceptors (Lipinski definition) is 4. The summed E-state index contributed by atoms with van der Waals surface area (Å²) in [5, 5.41) is 0.557. The van der Waals surface area contributed by atoms with E-state index in [0.717, 1.165) is 4.90 Å². The Morgan fingerprint density at radius 1 is 1.17 bits per heavy atom. The van der Waals surface area contributed by atoms with Gasteiger partial charge in [-0.05, 0) is 24.3 Å². The molecule has 92 valence electrons. The van der Waals surface area contributed by atoms with Gasteiger partial charge in [-0.1, -0.05) is 11.6 Å². The molecule has 6 heteroatoms. The first-order chi connectivity index (χ1) is 8.68. The maximum Gasteiger partial charge on any atom is 0.301 e. The summed E-state index contributed by atoms with van der Waals surface area (Å²) in [6, 6.07) is 6.56. The second-order valence-electron chi connectivity index (χ2n) is 3.78. The van der Waals surface area contributed by atoms with Crippen LogP contribution >= 0.6 is 23.4 Å². The summed E-state index contributed by atoms with van der Waals surface area (Å²) in [5.74, 6) is 0.143. The molecule has 1 aromatic carbocycles. The average Bonchev–Trinajstić information content (AvgIpc) is 2.64. The molecule has 1 aromatic rings. The van der Waals surface area contributed by atoms with E-state index in [2.05, 4.69) is 0 Å².